The Morgan fingerprint density at radius 2 is 1.44 bits per heavy atom. The smallest absolute Gasteiger partial charge is 0.0796 e. The summed E-state index contributed by atoms with van der Waals surface area (Å²) >= 11 is 0. The van der Waals surface area contributed by atoms with Gasteiger partial charge in [0.2, 0.25) is 0 Å². The van der Waals surface area contributed by atoms with Gasteiger partial charge in [-0.1, -0.05) is 5.21 Å². The first-order chi connectivity index (χ1) is 16.0. The SMILES string of the molecule is Cc1ccnn1C.Cc1ccnn1C[C@@H](C)O.Cc1cn(C[C@@H](C)O)nn1.Cc1cnn(C)c1. The fourth-order valence-electron chi connectivity index (χ4n) is 2.58. The molecule has 0 saturated carbocycles. The zero-order valence-electron chi connectivity index (χ0n) is 21.5. The van der Waals surface area contributed by atoms with Crippen molar-refractivity contribution in [3.05, 3.63) is 65.8 Å². The minimum absolute atomic E-state index is 0.321. The van der Waals surface area contributed by atoms with E-state index >= 15 is 0 Å². The number of hydrogen-bond donors (Lipinski definition) is 2. The van der Waals surface area contributed by atoms with Crippen LogP contribution in [0, 0.1) is 27.7 Å². The molecule has 0 unspecified atom stereocenters. The van der Waals surface area contributed by atoms with Gasteiger partial charge in [-0.2, -0.15) is 15.3 Å². The average molecular weight is 474 g/mol. The third-order valence-electron chi connectivity index (χ3n) is 4.37. The lowest BCUT2D eigenvalue weighted by Crippen LogP contribution is -2.13. The molecule has 0 spiro atoms. The second-order valence-corrected chi connectivity index (χ2v) is 8.22. The maximum Gasteiger partial charge on any atom is 0.0796 e. The van der Waals surface area contributed by atoms with Crippen molar-refractivity contribution < 1.29 is 10.2 Å². The summed E-state index contributed by atoms with van der Waals surface area (Å²) in [5.74, 6) is 0. The van der Waals surface area contributed by atoms with Gasteiger partial charge in [0, 0.05) is 50.3 Å². The largest absolute Gasteiger partial charge is 0.391 e. The highest BCUT2D eigenvalue weighted by Gasteiger charge is 2.00. The number of aryl methyl sites for hydroxylation is 6. The quantitative estimate of drug-likeness (QED) is 0.464. The van der Waals surface area contributed by atoms with E-state index in [1.54, 1.807) is 46.5 Å². The molecule has 188 valence electrons. The molecule has 4 aromatic rings. The van der Waals surface area contributed by atoms with Crippen LogP contribution in [0.5, 0.6) is 0 Å². The van der Waals surface area contributed by atoms with Crippen LogP contribution < -0.4 is 0 Å². The van der Waals surface area contributed by atoms with Crippen LogP contribution in [0.2, 0.25) is 0 Å². The summed E-state index contributed by atoms with van der Waals surface area (Å²) in [5.41, 5.74) is 4.36. The second kappa shape index (κ2) is 14.8. The third-order valence-corrected chi connectivity index (χ3v) is 4.37. The number of nitrogens with zero attached hydrogens (tertiary/aromatic N) is 9. The summed E-state index contributed by atoms with van der Waals surface area (Å²) in [6.45, 7) is 12.4. The molecule has 0 fully saturated rings. The lowest BCUT2D eigenvalue weighted by molar-refractivity contribution is 0.167. The highest BCUT2D eigenvalue weighted by molar-refractivity contribution is 4.98. The van der Waals surface area contributed by atoms with Gasteiger partial charge >= 0.3 is 0 Å². The molecule has 0 aromatic carbocycles. The molecule has 2 atom stereocenters. The van der Waals surface area contributed by atoms with E-state index in [4.69, 9.17) is 10.2 Å². The van der Waals surface area contributed by atoms with Gasteiger partial charge in [-0.15, -0.1) is 5.10 Å². The van der Waals surface area contributed by atoms with Crippen LogP contribution in [0.1, 0.15) is 36.5 Å². The Balaban J connectivity index is 0.000000230. The molecular weight excluding hydrogens is 434 g/mol. The molecule has 11 heteroatoms. The van der Waals surface area contributed by atoms with Gasteiger partial charge in [-0.3, -0.25) is 14.0 Å². The molecule has 34 heavy (non-hydrogen) atoms. The lowest BCUT2D eigenvalue weighted by Gasteiger charge is -2.05. The van der Waals surface area contributed by atoms with E-state index in [0.717, 1.165) is 11.4 Å². The summed E-state index contributed by atoms with van der Waals surface area (Å²) < 4.78 is 7.03. The maximum atomic E-state index is 8.99. The fraction of sp³-hybridized carbons (Fsp3) is 0.522. The topological polar surface area (TPSA) is 125 Å². The minimum Gasteiger partial charge on any atom is -0.391 e. The van der Waals surface area contributed by atoms with Gasteiger partial charge in [-0.05, 0) is 59.2 Å². The first-order valence-corrected chi connectivity index (χ1v) is 11.1. The Labute approximate surface area is 201 Å². The van der Waals surface area contributed by atoms with E-state index < -0.39 is 0 Å². The van der Waals surface area contributed by atoms with Crippen LogP contribution >= 0.6 is 0 Å². The van der Waals surface area contributed by atoms with E-state index in [0.29, 0.717) is 13.1 Å². The molecule has 4 heterocycles. The van der Waals surface area contributed by atoms with Gasteiger partial charge < -0.3 is 10.2 Å². The molecule has 4 aromatic heterocycles. The van der Waals surface area contributed by atoms with E-state index in [2.05, 4.69) is 25.6 Å². The summed E-state index contributed by atoms with van der Waals surface area (Å²) in [5, 5.41) is 37.3. The Hall–Kier alpha value is -3.31. The predicted octanol–water partition coefficient (Wildman–Crippen LogP) is 2.00. The first kappa shape index (κ1) is 28.7. The van der Waals surface area contributed by atoms with Crippen molar-refractivity contribution in [1.29, 1.82) is 0 Å². The van der Waals surface area contributed by atoms with Crippen molar-refractivity contribution in [2.24, 2.45) is 14.1 Å². The van der Waals surface area contributed by atoms with Gasteiger partial charge in [0.15, 0.2) is 0 Å². The fourth-order valence-corrected chi connectivity index (χ4v) is 2.58. The van der Waals surface area contributed by atoms with Gasteiger partial charge in [0.25, 0.3) is 0 Å². The number of hydrogen-bond acceptors (Lipinski definition) is 7. The lowest BCUT2D eigenvalue weighted by atomic mass is 10.4. The number of aliphatic hydroxyl groups excluding tert-OH is 2. The normalized spacial score (nSPS) is 11.8. The number of aromatic nitrogens is 9. The van der Waals surface area contributed by atoms with E-state index in [9.17, 15) is 0 Å². The van der Waals surface area contributed by atoms with Gasteiger partial charge in [-0.25, -0.2) is 4.68 Å². The molecule has 0 saturated heterocycles. The van der Waals surface area contributed by atoms with Crippen molar-refractivity contribution in [3.63, 3.8) is 0 Å². The molecule has 0 amide bonds. The van der Waals surface area contributed by atoms with Crippen LogP contribution in [0.15, 0.2) is 43.1 Å². The Bertz CT molecular complexity index is 1030. The van der Waals surface area contributed by atoms with E-state index in [-0.39, 0.29) is 12.2 Å². The standard InChI is InChI=1S/C7H12N2O.C6H11N3O.2C5H8N2/c1-6-3-4-8-9(6)5-7(2)10;1-5-3-9(8-7-5)4-6(2)10;1-5-3-6-7(2)4-5;1-5-3-4-6-7(5)2/h3-4,7,10H,5H2,1-2H3;3,6,10H,4H2,1-2H3;2*3-4H,1-2H3/t7-;6-;;/m11../s1. The Morgan fingerprint density at radius 1 is 0.824 bits per heavy atom. The minimum atomic E-state index is -0.360. The van der Waals surface area contributed by atoms with Crippen LogP contribution in [0.3, 0.4) is 0 Å². The van der Waals surface area contributed by atoms with Crippen LogP contribution in [-0.2, 0) is 27.2 Å². The molecule has 2 N–H and O–H groups in total. The molecule has 11 nitrogen and oxygen atoms in total. The maximum absolute atomic E-state index is 8.99. The van der Waals surface area contributed by atoms with Crippen molar-refractivity contribution in [2.45, 2.75) is 66.8 Å². The predicted molar refractivity (Wildman–Crippen MR) is 131 cm³/mol. The summed E-state index contributed by atoms with van der Waals surface area (Å²) in [6, 6.07) is 3.89. The average Bonchev–Trinajstić information content (AvgIpc) is 3.51. The number of aliphatic hydroxyl groups is 2. The molecule has 0 radical (unpaired) electrons. The molecule has 0 aliphatic carbocycles. The molecular formula is C23H39N9O2. The molecule has 0 aliphatic heterocycles. The van der Waals surface area contributed by atoms with E-state index in [1.807, 2.05) is 71.0 Å². The zero-order valence-corrected chi connectivity index (χ0v) is 21.5. The van der Waals surface area contributed by atoms with Crippen LogP contribution in [0.4, 0.5) is 0 Å². The van der Waals surface area contributed by atoms with Crippen LogP contribution in [0.25, 0.3) is 0 Å². The zero-order chi connectivity index (χ0) is 25.7. The summed E-state index contributed by atoms with van der Waals surface area (Å²) in [6.07, 6.45) is 8.44. The molecule has 0 bridgehead atoms. The highest BCUT2D eigenvalue weighted by atomic mass is 16.3. The van der Waals surface area contributed by atoms with Crippen molar-refractivity contribution >= 4 is 0 Å². The monoisotopic (exact) mass is 473 g/mol. The summed E-state index contributed by atoms with van der Waals surface area (Å²) in [4.78, 5) is 0. The summed E-state index contributed by atoms with van der Waals surface area (Å²) in [7, 11) is 3.84. The number of rotatable bonds is 4. The van der Waals surface area contributed by atoms with Crippen molar-refractivity contribution in [3.8, 4) is 0 Å². The second-order valence-electron chi connectivity index (χ2n) is 8.22. The Kier molecular flexibility index (Phi) is 12.5. The van der Waals surface area contributed by atoms with Gasteiger partial charge in [0.1, 0.15) is 0 Å². The Morgan fingerprint density at radius 3 is 1.74 bits per heavy atom. The van der Waals surface area contributed by atoms with Crippen molar-refractivity contribution in [2.75, 3.05) is 0 Å². The first-order valence-electron chi connectivity index (χ1n) is 11.1. The third kappa shape index (κ3) is 12.1. The molecule has 0 aliphatic rings. The van der Waals surface area contributed by atoms with E-state index in [1.165, 1.54) is 11.3 Å². The van der Waals surface area contributed by atoms with Crippen molar-refractivity contribution in [1.82, 2.24) is 44.3 Å². The molecule has 4 rings (SSSR count). The highest BCUT2D eigenvalue weighted by Crippen LogP contribution is 1.97. The van der Waals surface area contributed by atoms with Gasteiger partial charge in [0.05, 0.1) is 37.2 Å². The van der Waals surface area contributed by atoms with Crippen LogP contribution in [-0.4, -0.2) is 66.8 Å².